The van der Waals surface area contributed by atoms with Gasteiger partial charge in [-0.15, -0.1) is 22.7 Å². The molecular weight excluding hydrogens is 448 g/mol. The highest BCUT2D eigenvalue weighted by atomic mass is 32.1. The van der Waals surface area contributed by atoms with Gasteiger partial charge in [0.05, 0.1) is 14.9 Å². The van der Waals surface area contributed by atoms with Gasteiger partial charge in [-0.05, 0) is 65.8 Å². The Kier molecular flexibility index (Phi) is 6.56. The number of benzene rings is 2. The molecule has 2 aromatic heterocycles. The van der Waals surface area contributed by atoms with Crippen LogP contribution in [-0.4, -0.2) is 5.16 Å². The van der Waals surface area contributed by atoms with Crippen molar-refractivity contribution in [3.63, 3.8) is 0 Å². The van der Waals surface area contributed by atoms with Crippen LogP contribution in [0.5, 0.6) is 0 Å². The molecule has 0 bridgehead atoms. The van der Waals surface area contributed by atoms with E-state index in [2.05, 4.69) is 66.0 Å². The van der Waals surface area contributed by atoms with Crippen molar-refractivity contribution in [2.24, 2.45) is 4.99 Å². The molecule has 0 spiro atoms. The molecule has 0 aliphatic heterocycles. The molecule has 0 aliphatic carbocycles. The van der Waals surface area contributed by atoms with E-state index in [1.165, 1.54) is 4.70 Å². The molecule has 152 valence electrons. The number of rotatable bonds is 3. The van der Waals surface area contributed by atoms with Crippen LogP contribution in [0.25, 0.3) is 20.2 Å². The van der Waals surface area contributed by atoms with Gasteiger partial charge in [-0.3, -0.25) is 0 Å². The average molecular weight is 464 g/mol. The van der Waals surface area contributed by atoms with E-state index in [-0.39, 0.29) is 5.56 Å². The summed E-state index contributed by atoms with van der Waals surface area (Å²) in [6.07, 6.45) is 3.21. The summed E-state index contributed by atoms with van der Waals surface area (Å²) in [5.41, 5.74) is -0.208. The number of isothiocyanates is 1. The van der Waals surface area contributed by atoms with Gasteiger partial charge >= 0.3 is 0 Å². The summed E-state index contributed by atoms with van der Waals surface area (Å²) < 4.78 is 30.2. The molecule has 0 aliphatic rings. The first kappa shape index (κ1) is 21.4. The predicted octanol–water partition coefficient (Wildman–Crippen LogP) is 8.07. The van der Waals surface area contributed by atoms with Crippen molar-refractivity contribution in [1.82, 2.24) is 0 Å². The lowest BCUT2D eigenvalue weighted by molar-refractivity contribution is 0.587. The van der Waals surface area contributed by atoms with Crippen LogP contribution < -0.4 is 0 Å². The number of aliphatic imine (C=N–C) groups is 1. The Morgan fingerprint density at radius 1 is 0.871 bits per heavy atom. The summed E-state index contributed by atoms with van der Waals surface area (Å²) in [5.74, 6) is 10.7. The third kappa shape index (κ3) is 4.90. The van der Waals surface area contributed by atoms with Crippen molar-refractivity contribution < 1.29 is 8.78 Å². The van der Waals surface area contributed by atoms with E-state index in [0.717, 1.165) is 56.6 Å². The Balaban J connectivity index is 1.62. The highest BCUT2D eigenvalue weighted by Gasteiger charge is 2.10. The molecule has 4 rings (SSSR count). The zero-order chi connectivity index (χ0) is 21.8. The third-order valence-electron chi connectivity index (χ3n) is 4.53. The second-order valence-electron chi connectivity index (χ2n) is 6.80. The van der Waals surface area contributed by atoms with Gasteiger partial charge in [-0.25, -0.2) is 8.78 Å². The highest BCUT2D eigenvalue weighted by molar-refractivity contribution is 7.78. The van der Waals surface area contributed by atoms with Gasteiger partial charge in [-0.1, -0.05) is 37.0 Å². The van der Waals surface area contributed by atoms with Gasteiger partial charge in [0, 0.05) is 21.4 Å². The molecule has 31 heavy (non-hydrogen) atoms. The SMILES string of the molecule is CCCCC#Cc1cc2cc3sc(C#Cc4cc(F)c(N=C=S)c(F)c4)cc3cc2s1. The second-order valence-corrected chi connectivity index (χ2v) is 9.15. The van der Waals surface area contributed by atoms with Crippen molar-refractivity contribution in [1.29, 1.82) is 0 Å². The predicted molar refractivity (Wildman–Crippen MR) is 131 cm³/mol. The fourth-order valence-electron chi connectivity index (χ4n) is 3.03. The molecule has 2 heterocycles. The van der Waals surface area contributed by atoms with Crippen LogP contribution in [0.3, 0.4) is 0 Å². The Morgan fingerprint density at radius 2 is 1.48 bits per heavy atom. The minimum Gasteiger partial charge on any atom is -0.204 e. The molecule has 2 aromatic carbocycles. The summed E-state index contributed by atoms with van der Waals surface area (Å²) in [6.45, 7) is 2.16. The summed E-state index contributed by atoms with van der Waals surface area (Å²) in [5, 5.41) is 4.23. The van der Waals surface area contributed by atoms with Crippen molar-refractivity contribution >= 4 is 65.9 Å². The maximum atomic E-state index is 14.0. The van der Waals surface area contributed by atoms with E-state index in [1.807, 2.05) is 11.2 Å². The fourth-order valence-corrected chi connectivity index (χ4v) is 5.04. The largest absolute Gasteiger partial charge is 0.204 e. The number of unbranched alkanes of at least 4 members (excludes halogenated alkanes) is 2. The van der Waals surface area contributed by atoms with Gasteiger partial charge in [-0.2, -0.15) is 4.99 Å². The summed E-state index contributed by atoms with van der Waals surface area (Å²) in [6, 6.07) is 10.7. The Morgan fingerprint density at radius 3 is 2.06 bits per heavy atom. The Hall–Kier alpha value is -2.86. The number of fused-ring (bicyclic) bond motifs is 2. The Bertz CT molecular complexity index is 1390. The van der Waals surface area contributed by atoms with Gasteiger partial charge < -0.3 is 0 Å². The molecular formula is C25H15F2NS3. The quantitative estimate of drug-likeness (QED) is 0.129. The Labute approximate surface area is 192 Å². The topological polar surface area (TPSA) is 12.4 Å². The average Bonchev–Trinajstić information content (AvgIpc) is 3.32. The summed E-state index contributed by atoms with van der Waals surface area (Å²) in [7, 11) is 0. The van der Waals surface area contributed by atoms with Crippen LogP contribution in [0.15, 0.2) is 41.4 Å². The zero-order valence-corrected chi connectivity index (χ0v) is 19.0. The highest BCUT2D eigenvalue weighted by Crippen LogP contribution is 2.34. The first-order chi connectivity index (χ1) is 15.1. The van der Waals surface area contributed by atoms with Crippen molar-refractivity contribution in [3.8, 4) is 23.7 Å². The van der Waals surface area contributed by atoms with E-state index in [1.54, 1.807) is 22.7 Å². The van der Waals surface area contributed by atoms with Crippen LogP contribution in [0.1, 0.15) is 41.5 Å². The van der Waals surface area contributed by atoms with Crippen LogP contribution in [0.4, 0.5) is 14.5 Å². The zero-order valence-electron chi connectivity index (χ0n) is 16.5. The number of halogens is 2. The second kappa shape index (κ2) is 9.52. The van der Waals surface area contributed by atoms with E-state index in [0.29, 0.717) is 0 Å². The summed E-state index contributed by atoms with van der Waals surface area (Å²) in [4.78, 5) is 5.31. The number of thiophene rings is 2. The molecule has 4 aromatic rings. The fraction of sp³-hybridized carbons (Fsp3) is 0.160. The number of hydrogen-bond donors (Lipinski definition) is 0. The third-order valence-corrected chi connectivity index (χ3v) is 6.64. The minimum absolute atomic E-state index is 0.239. The molecule has 1 nitrogen and oxygen atoms in total. The van der Waals surface area contributed by atoms with E-state index >= 15 is 0 Å². The lowest BCUT2D eigenvalue weighted by Gasteiger charge is -1.98. The molecule has 0 amide bonds. The number of hydrogen-bond acceptors (Lipinski definition) is 4. The summed E-state index contributed by atoms with van der Waals surface area (Å²) >= 11 is 7.65. The lowest BCUT2D eigenvalue weighted by atomic mass is 10.2. The smallest absolute Gasteiger partial charge is 0.153 e. The van der Waals surface area contributed by atoms with Crippen LogP contribution in [0, 0.1) is 35.3 Å². The molecule has 0 atom stereocenters. The maximum Gasteiger partial charge on any atom is 0.153 e. The van der Waals surface area contributed by atoms with Crippen molar-refractivity contribution in [2.75, 3.05) is 0 Å². The molecule has 0 saturated heterocycles. The van der Waals surface area contributed by atoms with Crippen LogP contribution >= 0.6 is 34.9 Å². The molecule has 0 radical (unpaired) electrons. The number of nitrogens with zero attached hydrogens (tertiary/aromatic N) is 1. The van der Waals surface area contributed by atoms with Crippen LogP contribution in [-0.2, 0) is 0 Å². The first-order valence-corrected chi connectivity index (χ1v) is 11.7. The van der Waals surface area contributed by atoms with E-state index in [9.17, 15) is 8.78 Å². The molecule has 0 saturated carbocycles. The van der Waals surface area contributed by atoms with E-state index in [4.69, 9.17) is 0 Å². The molecule has 0 fully saturated rings. The van der Waals surface area contributed by atoms with E-state index < -0.39 is 17.3 Å². The minimum atomic E-state index is -0.813. The lowest BCUT2D eigenvalue weighted by Crippen LogP contribution is -1.86. The number of thiocarbonyl (C=S) groups is 1. The van der Waals surface area contributed by atoms with Crippen molar-refractivity contribution in [3.05, 3.63) is 63.4 Å². The molecule has 0 unspecified atom stereocenters. The van der Waals surface area contributed by atoms with Crippen LogP contribution in [0.2, 0.25) is 0 Å². The molecule has 6 heteroatoms. The van der Waals surface area contributed by atoms with Crippen molar-refractivity contribution in [2.45, 2.75) is 26.2 Å². The normalized spacial score (nSPS) is 10.3. The maximum absolute atomic E-state index is 14.0. The van der Waals surface area contributed by atoms with Gasteiger partial charge in [0.2, 0.25) is 0 Å². The first-order valence-electron chi connectivity index (χ1n) is 9.62. The van der Waals surface area contributed by atoms with Gasteiger partial charge in [0.15, 0.2) is 11.6 Å². The standard InChI is InChI=1S/C25H15F2NS3/c1-2-3-4-5-6-19-11-17-13-24-18(14-23(17)30-19)12-20(31-24)8-7-16-9-21(26)25(28-15-29)22(27)10-16/h9-14H,2-4H2,1H3. The monoisotopic (exact) mass is 463 g/mol. The molecule has 0 N–H and O–H groups in total. The van der Waals surface area contributed by atoms with Gasteiger partial charge in [0.1, 0.15) is 5.69 Å². The van der Waals surface area contributed by atoms with Gasteiger partial charge in [0.25, 0.3) is 0 Å².